The number of carbonyl (C=O) groups excluding carboxylic acids is 4. The van der Waals surface area contributed by atoms with E-state index in [0.717, 1.165) is 58.3 Å². The predicted molar refractivity (Wildman–Crippen MR) is 216 cm³/mol. The number of ketones is 1. The van der Waals surface area contributed by atoms with Gasteiger partial charge in [0.2, 0.25) is 0 Å². The van der Waals surface area contributed by atoms with Gasteiger partial charge in [-0.2, -0.15) is 0 Å². The molecule has 0 aromatic carbocycles. The molecule has 55 heavy (non-hydrogen) atoms. The number of hydrogen-bond donors (Lipinski definition) is 4. The van der Waals surface area contributed by atoms with Crippen molar-refractivity contribution in [1.29, 1.82) is 0 Å². The largest absolute Gasteiger partial charge is 0.468 e. The van der Waals surface area contributed by atoms with E-state index < -0.39 is 11.9 Å². The molecule has 10 nitrogen and oxygen atoms in total. The highest BCUT2D eigenvalue weighted by molar-refractivity contribution is 6.24. The van der Waals surface area contributed by atoms with Crippen molar-refractivity contribution in [2.75, 3.05) is 13.7 Å². The Bertz CT molecular complexity index is 2220. The highest BCUT2D eigenvalue weighted by Crippen LogP contribution is 2.48. The summed E-state index contributed by atoms with van der Waals surface area (Å²) >= 11 is 0. The summed E-state index contributed by atoms with van der Waals surface area (Å²) in [5.74, 6) is -1.61. The third kappa shape index (κ3) is 7.48. The molecule has 2 aliphatic heterocycles. The minimum absolute atomic E-state index is 0.117. The van der Waals surface area contributed by atoms with Gasteiger partial charge >= 0.3 is 11.9 Å². The van der Waals surface area contributed by atoms with Crippen molar-refractivity contribution in [2.45, 2.75) is 93.4 Å². The molecule has 3 aliphatic rings. The summed E-state index contributed by atoms with van der Waals surface area (Å²) in [5, 5.41) is 5.06. The van der Waals surface area contributed by atoms with E-state index >= 15 is 0 Å². The number of carbonyl (C=O) groups is 4. The standard InChI is InChI=1S/C45H56N4O6/c1-10-28-25(6)32-19-33-26(7)30(15-16-38(51)55-18-17-24(5)14-12-13-23(3)4)42(48-33)40-41(45(53)54-9)44(52)39-27(8)34(49-43(39)40)20-36-29(11-2)31(22-50)37(47-36)21-35(28)46-32/h10,19-24,26,30,41,46-49H,1,11-18H2,2-9H3/b33-19-,36-20-,37-21-,42-40-/t24?,26-,30-,41+/m0/s1. The fourth-order valence-electron chi connectivity index (χ4n) is 8.68. The van der Waals surface area contributed by atoms with E-state index in [1.807, 2.05) is 32.9 Å². The van der Waals surface area contributed by atoms with Gasteiger partial charge in [0.05, 0.1) is 24.8 Å². The molecule has 5 heterocycles. The molecule has 8 bridgehead atoms. The van der Waals surface area contributed by atoms with Crippen LogP contribution in [0.4, 0.5) is 0 Å². The lowest BCUT2D eigenvalue weighted by atomic mass is 9.85. The number of aromatic amines is 3. The van der Waals surface area contributed by atoms with E-state index in [-0.39, 0.29) is 30.0 Å². The highest BCUT2D eigenvalue weighted by atomic mass is 16.5. The van der Waals surface area contributed by atoms with Crippen molar-refractivity contribution in [2.24, 2.45) is 29.6 Å². The molecule has 4 atom stereocenters. The van der Waals surface area contributed by atoms with Crippen LogP contribution in [0.1, 0.15) is 139 Å². The summed E-state index contributed by atoms with van der Waals surface area (Å²) in [6, 6.07) is 0. The number of fused-ring (bicyclic) bond motifs is 7. The maximum absolute atomic E-state index is 14.3. The van der Waals surface area contributed by atoms with E-state index in [1.54, 1.807) is 6.08 Å². The fraction of sp³-hybridized carbons (Fsp3) is 0.467. The minimum atomic E-state index is -1.18. The Hall–Kier alpha value is -5.12. The van der Waals surface area contributed by atoms with Crippen molar-refractivity contribution in [3.8, 4) is 0 Å². The molecule has 4 N–H and O–H groups in total. The van der Waals surface area contributed by atoms with Gasteiger partial charge in [0, 0.05) is 74.3 Å². The topological polar surface area (TPSA) is 146 Å². The van der Waals surface area contributed by atoms with Crippen molar-refractivity contribution in [3.63, 3.8) is 0 Å². The van der Waals surface area contributed by atoms with Gasteiger partial charge in [0.15, 0.2) is 12.1 Å². The number of aldehydes is 1. The SMILES string of the molecule is C=Cc1c2[nH]c(c1C)/C=C1\N/C(=C3\c4[nH]c(c(C)c4C(=O)[C@@H]3C(=O)OC)/C=c3\[nH]/c(c(C=O)c3CC)=C\2)[C@@H](CCC(=O)OCCC(C)CCCC(C)C)[C@@H]1C. The third-order valence-corrected chi connectivity index (χ3v) is 12.0. The molecule has 0 amide bonds. The molecule has 3 aromatic heterocycles. The van der Waals surface area contributed by atoms with Crippen molar-refractivity contribution < 1.29 is 28.7 Å². The van der Waals surface area contributed by atoms with Crippen molar-refractivity contribution in [3.05, 3.63) is 84.8 Å². The van der Waals surface area contributed by atoms with Gasteiger partial charge in [-0.15, -0.1) is 0 Å². The molecule has 6 rings (SSSR count). The zero-order chi connectivity index (χ0) is 39.7. The van der Waals surface area contributed by atoms with E-state index in [0.29, 0.717) is 76.0 Å². The lowest BCUT2D eigenvalue weighted by Gasteiger charge is -2.20. The van der Waals surface area contributed by atoms with Crippen LogP contribution in [-0.4, -0.2) is 52.7 Å². The molecule has 1 aliphatic carbocycles. The number of aromatic nitrogens is 3. The number of methoxy groups -OCH3 is 1. The second-order valence-corrected chi connectivity index (χ2v) is 16.0. The van der Waals surface area contributed by atoms with E-state index in [1.165, 1.54) is 20.0 Å². The summed E-state index contributed by atoms with van der Waals surface area (Å²) in [6.45, 7) is 19.2. The zero-order valence-electron chi connectivity index (χ0n) is 33.6. The lowest BCUT2D eigenvalue weighted by Crippen LogP contribution is -2.25. The molecule has 3 aromatic rings. The van der Waals surface area contributed by atoms with E-state index in [2.05, 4.69) is 60.6 Å². The van der Waals surface area contributed by atoms with Crippen LogP contribution in [-0.2, 0) is 25.5 Å². The van der Waals surface area contributed by atoms with Gasteiger partial charge in [-0.05, 0) is 79.9 Å². The zero-order valence-corrected chi connectivity index (χ0v) is 33.6. The van der Waals surface area contributed by atoms with Gasteiger partial charge in [-0.25, -0.2) is 0 Å². The normalized spacial score (nSPS) is 22.6. The second-order valence-electron chi connectivity index (χ2n) is 16.0. The number of ether oxygens (including phenoxy) is 2. The van der Waals surface area contributed by atoms with Crippen LogP contribution in [0.25, 0.3) is 29.9 Å². The van der Waals surface area contributed by atoms with E-state index in [9.17, 15) is 19.2 Å². The van der Waals surface area contributed by atoms with Crippen molar-refractivity contribution >= 4 is 53.9 Å². The number of Topliss-reactive ketones (excluding diaryl/α,β-unsaturated/α-hetero) is 1. The number of hydrogen-bond acceptors (Lipinski definition) is 7. The average Bonchev–Trinajstić information content (AvgIpc) is 3.90. The first-order valence-corrected chi connectivity index (χ1v) is 19.8. The number of nitrogens with one attached hydrogen (secondary N) is 4. The summed E-state index contributed by atoms with van der Waals surface area (Å²) in [5.41, 5.74) is 9.46. The maximum atomic E-state index is 14.3. The smallest absolute Gasteiger partial charge is 0.321 e. The number of esters is 2. The average molecular weight is 749 g/mol. The van der Waals surface area contributed by atoms with Gasteiger partial charge in [-0.3, -0.25) is 19.2 Å². The Morgan fingerprint density at radius 1 is 0.945 bits per heavy atom. The van der Waals surface area contributed by atoms with Crippen LogP contribution in [0, 0.1) is 43.4 Å². The highest BCUT2D eigenvalue weighted by Gasteiger charge is 2.48. The van der Waals surface area contributed by atoms with Gasteiger partial charge < -0.3 is 29.7 Å². The van der Waals surface area contributed by atoms with Crippen LogP contribution >= 0.6 is 0 Å². The maximum Gasteiger partial charge on any atom is 0.321 e. The summed E-state index contributed by atoms with van der Waals surface area (Å²) in [7, 11) is 1.30. The second kappa shape index (κ2) is 16.3. The van der Waals surface area contributed by atoms with Crippen LogP contribution in [0.3, 0.4) is 0 Å². The Morgan fingerprint density at radius 2 is 1.67 bits per heavy atom. The van der Waals surface area contributed by atoms with Crippen LogP contribution in [0.5, 0.6) is 0 Å². The summed E-state index contributed by atoms with van der Waals surface area (Å²) < 4.78 is 11.0. The van der Waals surface area contributed by atoms with Crippen molar-refractivity contribution in [1.82, 2.24) is 20.3 Å². The Labute approximate surface area is 323 Å². The minimum Gasteiger partial charge on any atom is -0.468 e. The summed E-state index contributed by atoms with van der Waals surface area (Å²) in [6.07, 6.45) is 14.2. The molecule has 1 fully saturated rings. The van der Waals surface area contributed by atoms with Crippen LogP contribution < -0.4 is 16.0 Å². The molecule has 10 heteroatoms. The number of H-pyrrole nitrogens is 3. The monoisotopic (exact) mass is 748 g/mol. The molecule has 1 unspecified atom stereocenters. The molecule has 0 radical (unpaired) electrons. The molecule has 0 saturated carbocycles. The molecule has 1 saturated heterocycles. The number of allylic oxidation sites excluding steroid dienone is 2. The molecule has 0 spiro atoms. The summed E-state index contributed by atoms with van der Waals surface area (Å²) in [4.78, 5) is 64.1. The molecular weight excluding hydrogens is 693 g/mol. The fourth-order valence-corrected chi connectivity index (χ4v) is 8.68. The predicted octanol–water partition coefficient (Wildman–Crippen LogP) is 7.05. The lowest BCUT2D eigenvalue weighted by molar-refractivity contribution is -0.144. The molecular formula is C45H56N4O6. The Balaban J connectivity index is 1.47. The molecule has 292 valence electrons. The van der Waals surface area contributed by atoms with Crippen LogP contribution in [0.2, 0.25) is 0 Å². The Morgan fingerprint density at radius 3 is 2.35 bits per heavy atom. The van der Waals surface area contributed by atoms with E-state index in [4.69, 9.17) is 9.47 Å². The van der Waals surface area contributed by atoms with Gasteiger partial charge in [0.1, 0.15) is 5.92 Å². The first-order valence-electron chi connectivity index (χ1n) is 19.8. The first-order chi connectivity index (χ1) is 26.3. The van der Waals surface area contributed by atoms with Crippen LogP contribution in [0.15, 0.2) is 18.0 Å². The quantitative estimate of drug-likeness (QED) is 0.0786. The van der Waals surface area contributed by atoms with Gasteiger partial charge in [-0.1, -0.05) is 66.5 Å². The first kappa shape index (κ1) is 39.6. The third-order valence-electron chi connectivity index (χ3n) is 12.0. The Kier molecular flexibility index (Phi) is 11.7. The number of rotatable bonds is 14. The van der Waals surface area contributed by atoms with Gasteiger partial charge in [0.25, 0.3) is 0 Å².